The van der Waals surface area contributed by atoms with Gasteiger partial charge in [0.15, 0.2) is 0 Å². The molecule has 5 rings (SSSR count). The van der Waals surface area contributed by atoms with E-state index in [1.807, 2.05) is 24.3 Å². The van der Waals surface area contributed by atoms with Crippen LogP contribution in [0.15, 0.2) is 78.9 Å². The Bertz CT molecular complexity index is 1640. The molecule has 228 valence electrons. The van der Waals surface area contributed by atoms with Crippen LogP contribution in [0.5, 0.6) is 0 Å². The number of alkyl halides is 2. The van der Waals surface area contributed by atoms with Crippen LogP contribution in [-0.2, 0) is 17.3 Å². The molecule has 0 saturated heterocycles. The van der Waals surface area contributed by atoms with Gasteiger partial charge in [-0.2, -0.15) is 14.0 Å². The number of unbranched alkanes of at least 4 members (excludes halogenated alkanes) is 2. The van der Waals surface area contributed by atoms with E-state index < -0.39 is 35.2 Å². The Kier molecular flexibility index (Phi) is 9.80. The zero-order valence-electron chi connectivity index (χ0n) is 24.6. The van der Waals surface area contributed by atoms with E-state index in [1.54, 1.807) is 24.3 Å². The fourth-order valence-corrected chi connectivity index (χ4v) is 5.97. The first kappa shape index (κ1) is 31.4. The molecule has 0 heterocycles. The molecular formula is C37H34F5NO. The number of hydrogen-bond acceptors (Lipinski definition) is 2. The van der Waals surface area contributed by atoms with Gasteiger partial charge in [-0.15, -0.1) is 0 Å². The average molecular weight is 604 g/mol. The second kappa shape index (κ2) is 13.7. The zero-order valence-corrected chi connectivity index (χ0v) is 24.6. The van der Waals surface area contributed by atoms with Crippen molar-refractivity contribution in [3.63, 3.8) is 0 Å². The molecule has 4 aromatic carbocycles. The Morgan fingerprint density at radius 3 is 2.07 bits per heavy atom. The van der Waals surface area contributed by atoms with E-state index in [9.17, 15) is 22.0 Å². The first-order valence-corrected chi connectivity index (χ1v) is 15.1. The number of halogens is 5. The summed E-state index contributed by atoms with van der Waals surface area (Å²) in [5, 5.41) is 8.92. The second-order valence-electron chi connectivity index (χ2n) is 11.5. The van der Waals surface area contributed by atoms with Crippen LogP contribution in [0.2, 0.25) is 0 Å². The van der Waals surface area contributed by atoms with Crippen LogP contribution >= 0.6 is 0 Å². The third-order valence-corrected chi connectivity index (χ3v) is 8.49. The molecule has 7 heteroatoms. The van der Waals surface area contributed by atoms with Crippen LogP contribution in [0.4, 0.5) is 22.0 Å². The highest BCUT2D eigenvalue weighted by molar-refractivity contribution is 5.71. The first-order valence-electron chi connectivity index (χ1n) is 15.1. The zero-order chi connectivity index (χ0) is 31.3. The van der Waals surface area contributed by atoms with Gasteiger partial charge in [0.25, 0.3) is 0 Å². The predicted octanol–water partition coefficient (Wildman–Crippen LogP) is 10.8. The molecule has 1 aliphatic rings. The van der Waals surface area contributed by atoms with E-state index in [0.717, 1.165) is 42.5 Å². The molecule has 0 amide bonds. The number of benzene rings is 4. The summed E-state index contributed by atoms with van der Waals surface area (Å²) in [6.07, 6.45) is 1.39. The maximum Gasteiger partial charge on any atom is 0.386 e. The molecule has 44 heavy (non-hydrogen) atoms. The Morgan fingerprint density at radius 1 is 0.750 bits per heavy atom. The number of ether oxygens (including phenoxy) is 1. The molecular weight excluding hydrogens is 569 g/mol. The summed E-state index contributed by atoms with van der Waals surface area (Å²) in [5.74, 6) is -1.97. The Labute approximate surface area is 255 Å². The lowest BCUT2D eigenvalue weighted by atomic mass is 9.82. The molecule has 1 fully saturated rings. The number of hydrogen-bond donors (Lipinski definition) is 0. The molecule has 0 N–H and O–H groups in total. The summed E-state index contributed by atoms with van der Waals surface area (Å²) in [7, 11) is 0. The van der Waals surface area contributed by atoms with E-state index in [0.29, 0.717) is 48.8 Å². The summed E-state index contributed by atoms with van der Waals surface area (Å²) in [5.41, 5.74) is 3.01. The van der Waals surface area contributed by atoms with E-state index in [4.69, 9.17) is 10.00 Å². The molecule has 0 radical (unpaired) electrons. The minimum absolute atomic E-state index is 0.0983. The van der Waals surface area contributed by atoms with Crippen LogP contribution in [0.3, 0.4) is 0 Å². The quantitative estimate of drug-likeness (QED) is 0.133. The van der Waals surface area contributed by atoms with Crippen LogP contribution in [0.1, 0.15) is 80.0 Å². The molecule has 0 atom stereocenters. The number of rotatable bonds is 10. The fraction of sp³-hybridized carbons (Fsp3) is 0.324. The van der Waals surface area contributed by atoms with Gasteiger partial charge >= 0.3 is 6.11 Å². The van der Waals surface area contributed by atoms with Crippen LogP contribution in [0.25, 0.3) is 22.3 Å². The van der Waals surface area contributed by atoms with Crippen molar-refractivity contribution < 1.29 is 26.7 Å². The molecule has 0 bridgehead atoms. The lowest BCUT2D eigenvalue weighted by molar-refractivity contribution is -0.278. The van der Waals surface area contributed by atoms with Gasteiger partial charge in [-0.3, -0.25) is 0 Å². The van der Waals surface area contributed by atoms with Crippen molar-refractivity contribution >= 4 is 0 Å². The maximum absolute atomic E-state index is 15.0. The highest BCUT2D eigenvalue weighted by atomic mass is 19.3. The van der Waals surface area contributed by atoms with Gasteiger partial charge in [0.05, 0.1) is 17.2 Å². The van der Waals surface area contributed by atoms with Gasteiger partial charge in [-0.1, -0.05) is 68.3 Å². The number of nitrogens with zero attached hydrogens (tertiary/aromatic N) is 1. The molecule has 0 spiro atoms. The standard InChI is InChI=1S/C37H34F5NO/c1-2-3-4-5-24-6-19-33(36(40)20-24)37(41,42)44-31-16-13-26(14-17-31)25-7-9-27(10-8-25)28-15-18-32(35(39)21-28)29-11-12-30(23-43)34(38)22-29/h6-12,15,18-22,26,31H,2-5,13-14,16-17H2,1H3. The Hall–Kier alpha value is -4.02. The monoisotopic (exact) mass is 603 g/mol. The van der Waals surface area contributed by atoms with Crippen LogP contribution < -0.4 is 0 Å². The predicted molar refractivity (Wildman–Crippen MR) is 162 cm³/mol. The van der Waals surface area contributed by atoms with Gasteiger partial charge in [-0.25, -0.2) is 13.2 Å². The van der Waals surface area contributed by atoms with Gasteiger partial charge in [0, 0.05) is 5.56 Å². The van der Waals surface area contributed by atoms with Gasteiger partial charge in [-0.05, 0) is 103 Å². The number of nitriles is 1. The van der Waals surface area contributed by atoms with Crippen LogP contribution in [-0.4, -0.2) is 6.10 Å². The lowest BCUT2D eigenvalue weighted by Gasteiger charge is -2.31. The van der Waals surface area contributed by atoms with Crippen molar-refractivity contribution in [1.29, 1.82) is 5.26 Å². The third-order valence-electron chi connectivity index (χ3n) is 8.49. The highest BCUT2D eigenvalue weighted by Crippen LogP contribution is 2.40. The molecule has 1 saturated carbocycles. The molecule has 0 unspecified atom stereocenters. The Morgan fingerprint density at radius 2 is 1.43 bits per heavy atom. The summed E-state index contributed by atoms with van der Waals surface area (Å²) < 4.78 is 78.7. The highest BCUT2D eigenvalue weighted by Gasteiger charge is 2.40. The van der Waals surface area contributed by atoms with Crippen molar-refractivity contribution in [3.05, 3.63) is 119 Å². The molecule has 0 aromatic heterocycles. The molecule has 1 aliphatic carbocycles. The van der Waals surface area contributed by atoms with Crippen molar-refractivity contribution in [1.82, 2.24) is 0 Å². The molecule has 4 aromatic rings. The fourth-order valence-electron chi connectivity index (χ4n) is 5.97. The third kappa shape index (κ3) is 7.19. The average Bonchev–Trinajstić information content (AvgIpc) is 3.01. The molecule has 2 nitrogen and oxygen atoms in total. The van der Waals surface area contributed by atoms with E-state index in [-0.39, 0.29) is 17.0 Å². The number of aryl methyl sites for hydroxylation is 1. The van der Waals surface area contributed by atoms with Crippen molar-refractivity contribution in [2.45, 2.75) is 76.4 Å². The SMILES string of the molecule is CCCCCc1ccc(C(F)(F)OC2CCC(c3ccc(-c4ccc(-c5ccc(C#N)c(F)c5)c(F)c4)cc3)CC2)c(F)c1. The molecule has 0 aliphatic heterocycles. The van der Waals surface area contributed by atoms with E-state index >= 15 is 0 Å². The Balaban J connectivity index is 1.18. The summed E-state index contributed by atoms with van der Waals surface area (Å²) in [6, 6.07) is 22.1. The van der Waals surface area contributed by atoms with E-state index in [1.165, 1.54) is 24.3 Å². The van der Waals surface area contributed by atoms with Crippen molar-refractivity contribution in [2.75, 3.05) is 0 Å². The van der Waals surface area contributed by atoms with Gasteiger partial charge in [0.1, 0.15) is 23.5 Å². The van der Waals surface area contributed by atoms with Gasteiger partial charge in [0.2, 0.25) is 0 Å². The summed E-state index contributed by atoms with van der Waals surface area (Å²) in [6.45, 7) is 2.07. The van der Waals surface area contributed by atoms with Crippen molar-refractivity contribution in [3.8, 4) is 28.3 Å². The minimum Gasteiger partial charge on any atom is -0.313 e. The van der Waals surface area contributed by atoms with Crippen molar-refractivity contribution in [2.24, 2.45) is 0 Å². The topological polar surface area (TPSA) is 33.0 Å². The lowest BCUT2D eigenvalue weighted by Crippen LogP contribution is -2.30. The largest absolute Gasteiger partial charge is 0.386 e. The minimum atomic E-state index is -3.70. The summed E-state index contributed by atoms with van der Waals surface area (Å²) >= 11 is 0. The van der Waals surface area contributed by atoms with Gasteiger partial charge < -0.3 is 4.74 Å². The maximum atomic E-state index is 15.0. The second-order valence-corrected chi connectivity index (χ2v) is 11.5. The smallest absolute Gasteiger partial charge is 0.313 e. The summed E-state index contributed by atoms with van der Waals surface area (Å²) in [4.78, 5) is 0. The van der Waals surface area contributed by atoms with Crippen LogP contribution in [0, 0.1) is 28.8 Å². The van der Waals surface area contributed by atoms with E-state index in [2.05, 4.69) is 6.92 Å². The first-order chi connectivity index (χ1) is 21.2. The normalized spacial score (nSPS) is 16.9.